The van der Waals surface area contributed by atoms with Gasteiger partial charge in [0.15, 0.2) is 11.5 Å². The van der Waals surface area contributed by atoms with Crippen molar-refractivity contribution in [2.75, 3.05) is 19.0 Å². The summed E-state index contributed by atoms with van der Waals surface area (Å²) in [4.78, 5) is 13.2. The highest BCUT2D eigenvalue weighted by Crippen LogP contribution is 2.21. The fourth-order valence-electron chi connectivity index (χ4n) is 1.67. The summed E-state index contributed by atoms with van der Waals surface area (Å²) >= 11 is 0. The largest absolute Gasteiger partial charge is 0.354 e. The zero-order chi connectivity index (χ0) is 14.5. The van der Waals surface area contributed by atoms with Crippen molar-refractivity contribution in [1.82, 2.24) is 15.5 Å². The van der Waals surface area contributed by atoms with Crippen LogP contribution in [0.25, 0.3) is 0 Å². The summed E-state index contributed by atoms with van der Waals surface area (Å²) in [5.41, 5.74) is 1.66. The summed E-state index contributed by atoms with van der Waals surface area (Å²) in [6.07, 6.45) is 0. The molecular formula is C14H13N5O. The molecule has 0 aliphatic carbocycles. The highest BCUT2D eigenvalue weighted by Gasteiger charge is 2.09. The van der Waals surface area contributed by atoms with Gasteiger partial charge >= 0.3 is 0 Å². The molecule has 2 aromatic rings. The summed E-state index contributed by atoms with van der Waals surface area (Å²) in [6, 6.07) is 12.6. The molecule has 0 atom stereocenters. The van der Waals surface area contributed by atoms with Crippen molar-refractivity contribution in [3.05, 3.63) is 47.7 Å². The van der Waals surface area contributed by atoms with Gasteiger partial charge in [-0.15, -0.1) is 10.2 Å². The molecule has 0 saturated heterocycles. The summed E-state index contributed by atoms with van der Waals surface area (Å²) in [6.45, 7) is 0. The van der Waals surface area contributed by atoms with Crippen molar-refractivity contribution in [2.24, 2.45) is 0 Å². The fourth-order valence-corrected chi connectivity index (χ4v) is 1.67. The van der Waals surface area contributed by atoms with Crippen LogP contribution in [0.2, 0.25) is 0 Å². The molecular weight excluding hydrogens is 254 g/mol. The Hall–Kier alpha value is -2.94. The molecule has 0 bridgehead atoms. The van der Waals surface area contributed by atoms with E-state index in [2.05, 4.69) is 21.6 Å². The number of nitrogens with zero attached hydrogens (tertiary/aromatic N) is 4. The third kappa shape index (κ3) is 2.72. The molecule has 6 heteroatoms. The zero-order valence-electron chi connectivity index (χ0n) is 11.2. The third-order valence-corrected chi connectivity index (χ3v) is 2.82. The summed E-state index contributed by atoms with van der Waals surface area (Å²) < 4.78 is 0. The molecule has 1 aromatic heterocycles. The molecule has 0 aliphatic rings. The Morgan fingerprint density at radius 1 is 1.30 bits per heavy atom. The standard InChI is InChI=1S/C14H13N5O/c1-16-14(20)12-6-7-13(18-17-12)19(2)11-5-3-4-10(8-11)9-15/h3-8H,1-2H3,(H,16,20). The van der Waals surface area contributed by atoms with E-state index in [1.165, 1.54) is 7.05 Å². The molecule has 0 radical (unpaired) electrons. The van der Waals surface area contributed by atoms with Crippen LogP contribution in [0.5, 0.6) is 0 Å². The highest BCUT2D eigenvalue weighted by atomic mass is 16.1. The van der Waals surface area contributed by atoms with Crippen molar-refractivity contribution in [2.45, 2.75) is 0 Å². The number of aromatic nitrogens is 2. The van der Waals surface area contributed by atoms with Gasteiger partial charge in [-0.2, -0.15) is 5.26 Å². The molecule has 0 spiro atoms. The summed E-state index contributed by atoms with van der Waals surface area (Å²) in [5, 5.41) is 19.3. The van der Waals surface area contributed by atoms with E-state index in [9.17, 15) is 4.79 Å². The SMILES string of the molecule is CNC(=O)c1ccc(N(C)c2cccc(C#N)c2)nn1. The first-order valence-corrected chi connectivity index (χ1v) is 5.95. The molecule has 6 nitrogen and oxygen atoms in total. The minimum absolute atomic E-state index is 0.260. The second-order valence-corrected chi connectivity index (χ2v) is 4.08. The molecule has 1 N–H and O–H groups in total. The fraction of sp³-hybridized carbons (Fsp3) is 0.143. The van der Waals surface area contributed by atoms with Gasteiger partial charge in [0.1, 0.15) is 0 Å². The van der Waals surface area contributed by atoms with Gasteiger partial charge in [0.25, 0.3) is 5.91 Å². The van der Waals surface area contributed by atoms with Crippen LogP contribution in [0.1, 0.15) is 16.1 Å². The van der Waals surface area contributed by atoms with Gasteiger partial charge in [-0.1, -0.05) is 6.07 Å². The van der Waals surface area contributed by atoms with E-state index in [0.717, 1.165) is 5.69 Å². The smallest absolute Gasteiger partial charge is 0.271 e. The van der Waals surface area contributed by atoms with Crippen LogP contribution in [0.15, 0.2) is 36.4 Å². The van der Waals surface area contributed by atoms with Crippen molar-refractivity contribution >= 4 is 17.4 Å². The second kappa shape index (κ2) is 5.80. The third-order valence-electron chi connectivity index (χ3n) is 2.82. The molecule has 0 saturated carbocycles. The van der Waals surface area contributed by atoms with Gasteiger partial charge in [-0.25, -0.2) is 0 Å². The average Bonchev–Trinajstić information content (AvgIpc) is 2.53. The van der Waals surface area contributed by atoms with E-state index in [1.807, 2.05) is 13.1 Å². The van der Waals surface area contributed by atoms with Gasteiger partial charge < -0.3 is 10.2 Å². The van der Waals surface area contributed by atoms with E-state index in [4.69, 9.17) is 5.26 Å². The Kier molecular flexibility index (Phi) is 3.91. The van der Waals surface area contributed by atoms with E-state index < -0.39 is 0 Å². The molecule has 20 heavy (non-hydrogen) atoms. The monoisotopic (exact) mass is 267 g/mol. The number of carbonyl (C=O) groups excluding carboxylic acids is 1. The minimum Gasteiger partial charge on any atom is -0.354 e. The topological polar surface area (TPSA) is 81.9 Å². The molecule has 0 fully saturated rings. The Morgan fingerprint density at radius 3 is 2.70 bits per heavy atom. The predicted octanol–water partition coefficient (Wildman–Crippen LogP) is 1.48. The quantitative estimate of drug-likeness (QED) is 0.910. The van der Waals surface area contributed by atoms with Gasteiger partial charge in [0, 0.05) is 19.8 Å². The molecule has 1 aromatic carbocycles. The number of anilines is 2. The van der Waals surface area contributed by atoms with Crippen LogP contribution in [-0.2, 0) is 0 Å². The first-order chi connectivity index (χ1) is 9.65. The normalized spacial score (nSPS) is 9.65. The lowest BCUT2D eigenvalue weighted by atomic mass is 10.2. The summed E-state index contributed by atoms with van der Waals surface area (Å²) in [7, 11) is 3.36. The lowest BCUT2D eigenvalue weighted by Gasteiger charge is -2.17. The molecule has 0 unspecified atom stereocenters. The minimum atomic E-state index is -0.279. The average molecular weight is 267 g/mol. The van der Waals surface area contributed by atoms with E-state index in [0.29, 0.717) is 11.4 Å². The zero-order valence-corrected chi connectivity index (χ0v) is 11.2. The van der Waals surface area contributed by atoms with Crippen LogP contribution >= 0.6 is 0 Å². The second-order valence-electron chi connectivity index (χ2n) is 4.08. The van der Waals surface area contributed by atoms with E-state index in [1.54, 1.807) is 35.2 Å². The van der Waals surface area contributed by atoms with Crippen LogP contribution < -0.4 is 10.2 Å². The Morgan fingerprint density at radius 2 is 2.10 bits per heavy atom. The first kappa shape index (κ1) is 13.5. The van der Waals surface area contributed by atoms with Gasteiger partial charge in [-0.05, 0) is 30.3 Å². The number of carbonyl (C=O) groups is 1. The van der Waals surface area contributed by atoms with Gasteiger partial charge in [0.05, 0.1) is 11.6 Å². The molecule has 0 aliphatic heterocycles. The van der Waals surface area contributed by atoms with Crippen molar-refractivity contribution in [1.29, 1.82) is 5.26 Å². The van der Waals surface area contributed by atoms with Gasteiger partial charge in [0.2, 0.25) is 0 Å². The summed E-state index contributed by atoms with van der Waals surface area (Å²) in [5.74, 6) is 0.311. The van der Waals surface area contributed by atoms with E-state index in [-0.39, 0.29) is 11.6 Å². The molecule has 100 valence electrons. The molecule has 2 rings (SSSR count). The molecule has 1 heterocycles. The first-order valence-electron chi connectivity index (χ1n) is 5.95. The number of benzene rings is 1. The Labute approximate surface area is 116 Å². The Bertz CT molecular complexity index is 660. The van der Waals surface area contributed by atoms with Gasteiger partial charge in [-0.3, -0.25) is 4.79 Å². The molecule has 1 amide bonds. The highest BCUT2D eigenvalue weighted by molar-refractivity contribution is 5.91. The number of hydrogen-bond donors (Lipinski definition) is 1. The maximum absolute atomic E-state index is 11.4. The van der Waals surface area contributed by atoms with Crippen LogP contribution in [0.4, 0.5) is 11.5 Å². The number of amides is 1. The van der Waals surface area contributed by atoms with Crippen LogP contribution in [-0.4, -0.2) is 30.2 Å². The van der Waals surface area contributed by atoms with E-state index >= 15 is 0 Å². The number of rotatable bonds is 3. The number of nitriles is 1. The lowest BCUT2D eigenvalue weighted by Crippen LogP contribution is -2.20. The number of hydrogen-bond acceptors (Lipinski definition) is 5. The number of nitrogens with one attached hydrogen (secondary N) is 1. The van der Waals surface area contributed by atoms with Crippen molar-refractivity contribution in [3.8, 4) is 6.07 Å². The maximum Gasteiger partial charge on any atom is 0.271 e. The van der Waals surface area contributed by atoms with Crippen molar-refractivity contribution < 1.29 is 4.79 Å². The predicted molar refractivity (Wildman–Crippen MR) is 74.6 cm³/mol. The Balaban J connectivity index is 2.27. The van der Waals surface area contributed by atoms with Crippen LogP contribution in [0, 0.1) is 11.3 Å². The van der Waals surface area contributed by atoms with Crippen LogP contribution in [0.3, 0.4) is 0 Å². The maximum atomic E-state index is 11.4. The lowest BCUT2D eigenvalue weighted by molar-refractivity contribution is 0.0957. The van der Waals surface area contributed by atoms with Crippen molar-refractivity contribution in [3.63, 3.8) is 0 Å².